The summed E-state index contributed by atoms with van der Waals surface area (Å²) in [5.74, 6) is 1.65. The van der Waals surface area contributed by atoms with Crippen LogP contribution in [0.3, 0.4) is 0 Å². The highest BCUT2D eigenvalue weighted by atomic mass is 32.2. The fourth-order valence-electron chi connectivity index (χ4n) is 2.42. The van der Waals surface area contributed by atoms with E-state index < -0.39 is 10.0 Å². The number of anilines is 1. The van der Waals surface area contributed by atoms with Crippen molar-refractivity contribution < 1.29 is 22.6 Å². The first kappa shape index (κ1) is 19.9. The summed E-state index contributed by atoms with van der Waals surface area (Å²) >= 11 is 0. The Morgan fingerprint density at radius 2 is 1.58 bits per heavy atom. The number of sulfonamides is 1. The highest BCUT2D eigenvalue weighted by Gasteiger charge is 2.17. The summed E-state index contributed by atoms with van der Waals surface area (Å²) in [6, 6.07) is 10.4. The average Bonchev–Trinajstić information content (AvgIpc) is 2.65. The zero-order chi connectivity index (χ0) is 19.3. The van der Waals surface area contributed by atoms with Gasteiger partial charge in [-0.3, -0.25) is 0 Å². The van der Waals surface area contributed by atoms with Gasteiger partial charge in [0.15, 0.2) is 11.5 Å². The number of benzene rings is 2. The van der Waals surface area contributed by atoms with Gasteiger partial charge >= 0.3 is 0 Å². The molecular weight excluding hydrogens is 356 g/mol. The molecule has 142 valence electrons. The van der Waals surface area contributed by atoms with Crippen LogP contribution in [0, 0.1) is 0 Å². The van der Waals surface area contributed by atoms with Crippen molar-refractivity contribution in [3.8, 4) is 17.2 Å². The van der Waals surface area contributed by atoms with Crippen LogP contribution in [-0.4, -0.2) is 48.1 Å². The van der Waals surface area contributed by atoms with Crippen molar-refractivity contribution in [2.24, 2.45) is 0 Å². The molecule has 2 aromatic rings. The van der Waals surface area contributed by atoms with Crippen molar-refractivity contribution in [1.82, 2.24) is 4.31 Å². The Hall–Kier alpha value is -2.45. The highest BCUT2D eigenvalue weighted by molar-refractivity contribution is 7.89. The fraction of sp³-hybridized carbons (Fsp3) is 0.333. The maximum Gasteiger partial charge on any atom is 0.242 e. The molecule has 0 fully saturated rings. The van der Waals surface area contributed by atoms with E-state index in [2.05, 4.69) is 5.32 Å². The fourth-order valence-corrected chi connectivity index (χ4v) is 3.37. The molecule has 0 saturated carbocycles. The topological polar surface area (TPSA) is 77.1 Å². The van der Waals surface area contributed by atoms with Gasteiger partial charge in [-0.2, -0.15) is 0 Å². The van der Waals surface area contributed by atoms with Gasteiger partial charge in [-0.05, 0) is 35.9 Å². The normalized spacial score (nSPS) is 11.3. The molecule has 0 atom stereocenters. The van der Waals surface area contributed by atoms with Gasteiger partial charge in [0.2, 0.25) is 15.8 Å². The molecule has 0 aliphatic rings. The van der Waals surface area contributed by atoms with Gasteiger partial charge in [-0.1, -0.05) is 6.07 Å². The zero-order valence-electron chi connectivity index (χ0n) is 15.6. The molecule has 0 aliphatic heterocycles. The van der Waals surface area contributed by atoms with Gasteiger partial charge in [-0.15, -0.1) is 0 Å². The van der Waals surface area contributed by atoms with Crippen LogP contribution in [0.4, 0.5) is 5.69 Å². The molecule has 0 radical (unpaired) electrons. The summed E-state index contributed by atoms with van der Waals surface area (Å²) in [6.45, 7) is 0.460. The maximum absolute atomic E-state index is 12.2. The van der Waals surface area contributed by atoms with Gasteiger partial charge < -0.3 is 19.5 Å². The minimum absolute atomic E-state index is 0.234. The average molecular weight is 380 g/mol. The second-order valence-corrected chi connectivity index (χ2v) is 7.85. The van der Waals surface area contributed by atoms with Gasteiger partial charge in [0.25, 0.3) is 0 Å². The van der Waals surface area contributed by atoms with Gasteiger partial charge in [0.1, 0.15) is 0 Å². The predicted molar refractivity (Wildman–Crippen MR) is 101 cm³/mol. The number of hydrogen-bond acceptors (Lipinski definition) is 6. The molecule has 0 aromatic heterocycles. The SMILES string of the molecule is COc1cc(CNc2cccc(S(=O)(=O)N(C)C)c2)cc(OC)c1OC. The van der Waals surface area contributed by atoms with Crippen molar-refractivity contribution in [2.45, 2.75) is 11.4 Å². The van der Waals surface area contributed by atoms with E-state index in [1.165, 1.54) is 18.4 Å². The Kier molecular flexibility index (Phi) is 6.33. The zero-order valence-corrected chi connectivity index (χ0v) is 16.4. The number of ether oxygens (including phenoxy) is 3. The summed E-state index contributed by atoms with van der Waals surface area (Å²) in [5.41, 5.74) is 1.60. The van der Waals surface area contributed by atoms with Crippen LogP contribution in [0.5, 0.6) is 17.2 Å². The summed E-state index contributed by atoms with van der Waals surface area (Å²) in [6.07, 6.45) is 0. The second-order valence-electron chi connectivity index (χ2n) is 5.70. The summed E-state index contributed by atoms with van der Waals surface area (Å²) in [5, 5.41) is 3.22. The van der Waals surface area contributed by atoms with Gasteiger partial charge in [0, 0.05) is 26.3 Å². The smallest absolute Gasteiger partial charge is 0.242 e. The third-order valence-corrected chi connectivity index (χ3v) is 5.64. The highest BCUT2D eigenvalue weighted by Crippen LogP contribution is 2.38. The van der Waals surface area contributed by atoms with Gasteiger partial charge in [-0.25, -0.2) is 12.7 Å². The minimum Gasteiger partial charge on any atom is -0.493 e. The van der Waals surface area contributed by atoms with Crippen LogP contribution in [-0.2, 0) is 16.6 Å². The Labute approximate surface area is 154 Å². The van der Waals surface area contributed by atoms with Gasteiger partial charge in [0.05, 0.1) is 26.2 Å². The van der Waals surface area contributed by atoms with E-state index in [0.29, 0.717) is 29.5 Å². The van der Waals surface area contributed by atoms with Crippen LogP contribution in [0.25, 0.3) is 0 Å². The number of hydrogen-bond donors (Lipinski definition) is 1. The van der Waals surface area contributed by atoms with Crippen molar-refractivity contribution in [3.63, 3.8) is 0 Å². The molecule has 7 nitrogen and oxygen atoms in total. The number of rotatable bonds is 8. The van der Waals surface area contributed by atoms with E-state index in [1.54, 1.807) is 39.5 Å². The summed E-state index contributed by atoms with van der Waals surface area (Å²) in [4.78, 5) is 0.234. The quantitative estimate of drug-likeness (QED) is 0.758. The molecule has 0 bridgehead atoms. The lowest BCUT2D eigenvalue weighted by Gasteiger charge is -2.15. The summed E-state index contributed by atoms with van der Waals surface area (Å²) < 4.78 is 41.7. The summed E-state index contributed by atoms with van der Waals surface area (Å²) in [7, 11) is 4.20. The van der Waals surface area contributed by atoms with Crippen molar-refractivity contribution in [3.05, 3.63) is 42.0 Å². The van der Waals surface area contributed by atoms with Crippen molar-refractivity contribution >= 4 is 15.7 Å². The van der Waals surface area contributed by atoms with E-state index in [4.69, 9.17) is 14.2 Å². The first-order valence-electron chi connectivity index (χ1n) is 7.88. The lowest BCUT2D eigenvalue weighted by molar-refractivity contribution is 0.324. The first-order chi connectivity index (χ1) is 12.3. The maximum atomic E-state index is 12.2. The van der Waals surface area contributed by atoms with Crippen LogP contribution in [0.2, 0.25) is 0 Å². The van der Waals surface area contributed by atoms with E-state index >= 15 is 0 Å². The van der Waals surface area contributed by atoms with E-state index in [9.17, 15) is 8.42 Å². The molecule has 1 N–H and O–H groups in total. The third-order valence-electron chi connectivity index (χ3n) is 3.83. The molecule has 0 unspecified atom stereocenters. The van der Waals surface area contributed by atoms with Crippen LogP contribution < -0.4 is 19.5 Å². The number of methoxy groups -OCH3 is 3. The lowest BCUT2D eigenvalue weighted by Crippen LogP contribution is -2.22. The molecule has 0 aliphatic carbocycles. The molecule has 0 saturated heterocycles. The Bertz CT molecular complexity index is 841. The molecular formula is C18H24N2O5S. The first-order valence-corrected chi connectivity index (χ1v) is 9.32. The third kappa shape index (κ3) is 4.20. The largest absolute Gasteiger partial charge is 0.493 e. The minimum atomic E-state index is -3.48. The van der Waals surface area contributed by atoms with Crippen molar-refractivity contribution in [1.29, 1.82) is 0 Å². The predicted octanol–water partition coefficient (Wildman–Crippen LogP) is 2.57. The van der Waals surface area contributed by atoms with E-state index in [-0.39, 0.29) is 4.90 Å². The molecule has 8 heteroatoms. The molecule has 0 spiro atoms. The lowest BCUT2D eigenvalue weighted by atomic mass is 10.1. The Balaban J connectivity index is 2.24. The number of nitrogens with zero attached hydrogens (tertiary/aromatic N) is 1. The Morgan fingerprint density at radius 3 is 2.08 bits per heavy atom. The van der Waals surface area contributed by atoms with Crippen LogP contribution in [0.15, 0.2) is 41.3 Å². The van der Waals surface area contributed by atoms with Crippen LogP contribution >= 0.6 is 0 Å². The van der Waals surface area contributed by atoms with Crippen molar-refractivity contribution in [2.75, 3.05) is 40.7 Å². The standard InChI is InChI=1S/C18H24N2O5S/c1-20(2)26(21,22)15-8-6-7-14(11-15)19-12-13-9-16(23-3)18(25-5)17(10-13)24-4/h6-11,19H,12H2,1-5H3. The molecule has 0 heterocycles. The molecule has 2 rings (SSSR count). The monoisotopic (exact) mass is 380 g/mol. The van der Waals surface area contributed by atoms with Crippen LogP contribution in [0.1, 0.15) is 5.56 Å². The molecule has 2 aromatic carbocycles. The van der Waals surface area contributed by atoms with E-state index in [0.717, 1.165) is 5.56 Å². The molecule has 26 heavy (non-hydrogen) atoms. The number of nitrogens with one attached hydrogen (secondary N) is 1. The Morgan fingerprint density at radius 1 is 0.962 bits per heavy atom. The van der Waals surface area contributed by atoms with E-state index in [1.807, 2.05) is 18.2 Å². The second kappa shape index (κ2) is 8.29. The molecule has 0 amide bonds.